The second kappa shape index (κ2) is 5.09. The van der Waals surface area contributed by atoms with E-state index in [2.05, 4.69) is 13.5 Å². The van der Waals surface area contributed by atoms with Gasteiger partial charge in [-0.15, -0.1) is 11.8 Å². The van der Waals surface area contributed by atoms with Crippen molar-refractivity contribution >= 4 is 11.8 Å². The number of thioether (sulfide) groups is 1. The Hall–Kier alpha value is 0.0900. The first-order valence-corrected chi connectivity index (χ1v) is 3.19. The molecule has 0 radical (unpaired) electrons. The molecule has 0 amide bonds. The Labute approximate surface area is 43.6 Å². The number of rotatable bonds is 3. The lowest BCUT2D eigenvalue weighted by Gasteiger charge is -1.82. The molecule has 0 atom stereocenters. The molecule has 0 aromatic carbocycles. The topological polar surface area (TPSA) is 0 Å². The van der Waals surface area contributed by atoms with Crippen LogP contribution in [0.3, 0.4) is 0 Å². The van der Waals surface area contributed by atoms with Gasteiger partial charge < -0.3 is 0 Å². The smallest absolute Gasteiger partial charge is 0.00288 e. The minimum Gasteiger partial charge on any atom is -0.135 e. The fourth-order valence-electron chi connectivity index (χ4n) is 0.201. The summed E-state index contributed by atoms with van der Waals surface area (Å²) in [5, 5.41) is 1.88. The average Bonchev–Trinajstić information content (AvgIpc) is 1.61. The lowest BCUT2D eigenvalue weighted by atomic mass is 10.6. The van der Waals surface area contributed by atoms with E-state index in [0.717, 1.165) is 0 Å². The molecule has 0 unspecified atom stereocenters. The predicted octanol–water partition coefficient (Wildman–Crippen LogP) is 2.27. The molecule has 0 nitrogen and oxygen atoms in total. The molecule has 0 fully saturated rings. The molecular formula is C5H10S. The summed E-state index contributed by atoms with van der Waals surface area (Å²) in [7, 11) is 0. The zero-order valence-corrected chi connectivity index (χ0v) is 4.92. The molecule has 0 N–H and O–H groups in total. The Kier molecular flexibility index (Phi) is 5.17. The Morgan fingerprint density at radius 1 is 1.83 bits per heavy atom. The van der Waals surface area contributed by atoms with E-state index in [1.165, 1.54) is 12.2 Å². The molecule has 0 aliphatic rings. The van der Waals surface area contributed by atoms with Gasteiger partial charge >= 0.3 is 0 Å². The van der Waals surface area contributed by atoms with Crippen molar-refractivity contribution in [2.24, 2.45) is 0 Å². The van der Waals surface area contributed by atoms with Crippen molar-refractivity contribution in [3.8, 4) is 0 Å². The predicted molar refractivity (Wildman–Crippen MR) is 32.9 cm³/mol. The zero-order chi connectivity index (χ0) is 4.83. The first-order valence-electron chi connectivity index (χ1n) is 2.14. The first-order chi connectivity index (χ1) is 2.91. The zero-order valence-electron chi connectivity index (χ0n) is 4.11. The normalized spacial score (nSPS) is 8.17. The summed E-state index contributed by atoms with van der Waals surface area (Å²) in [5.74, 6) is 1.21. The molecule has 1 heteroatoms. The summed E-state index contributed by atoms with van der Waals surface area (Å²) in [6.45, 7) is 5.72. The van der Waals surface area contributed by atoms with Gasteiger partial charge in [0.05, 0.1) is 0 Å². The van der Waals surface area contributed by atoms with Crippen LogP contribution in [0.4, 0.5) is 0 Å². The molecule has 0 heterocycles. The summed E-state index contributed by atoms with van der Waals surface area (Å²) in [4.78, 5) is 0. The van der Waals surface area contributed by atoms with E-state index in [0.29, 0.717) is 0 Å². The van der Waals surface area contributed by atoms with Gasteiger partial charge in [0.2, 0.25) is 0 Å². The van der Waals surface area contributed by atoms with E-state index in [1.54, 1.807) is 11.8 Å². The molecule has 0 aliphatic heterocycles. The van der Waals surface area contributed by atoms with Crippen LogP contribution in [0, 0.1) is 0 Å². The molecule has 0 spiro atoms. The fourth-order valence-corrected chi connectivity index (χ4v) is 0.604. The number of hydrogen-bond donors (Lipinski definition) is 0. The second-order valence-electron chi connectivity index (χ2n) is 1.04. The maximum atomic E-state index is 3.56. The maximum absolute atomic E-state index is 3.56. The van der Waals surface area contributed by atoms with Crippen molar-refractivity contribution in [2.75, 3.05) is 5.75 Å². The van der Waals surface area contributed by atoms with E-state index in [9.17, 15) is 0 Å². The van der Waals surface area contributed by atoms with Crippen molar-refractivity contribution in [3.05, 3.63) is 12.0 Å². The summed E-state index contributed by atoms with van der Waals surface area (Å²) in [6, 6.07) is 0. The molecule has 0 rings (SSSR count). The van der Waals surface area contributed by atoms with Gasteiger partial charge in [-0.2, -0.15) is 0 Å². The van der Waals surface area contributed by atoms with Crippen LogP contribution in [0.15, 0.2) is 12.0 Å². The van der Waals surface area contributed by atoms with Gasteiger partial charge in [-0.1, -0.05) is 13.5 Å². The van der Waals surface area contributed by atoms with Crippen LogP contribution in [0.1, 0.15) is 13.3 Å². The van der Waals surface area contributed by atoms with Gasteiger partial charge in [-0.05, 0) is 17.6 Å². The minimum atomic E-state index is 1.21. The van der Waals surface area contributed by atoms with E-state index in [1.807, 2.05) is 5.41 Å². The lowest BCUT2D eigenvalue weighted by molar-refractivity contribution is 1.11. The van der Waals surface area contributed by atoms with Gasteiger partial charge in [-0.25, -0.2) is 0 Å². The Morgan fingerprint density at radius 3 is 2.67 bits per heavy atom. The van der Waals surface area contributed by atoms with Crippen LogP contribution in [-0.4, -0.2) is 5.75 Å². The fraction of sp³-hybridized carbons (Fsp3) is 0.600. The quantitative estimate of drug-likeness (QED) is 0.492. The summed E-state index contributed by atoms with van der Waals surface area (Å²) in [5.41, 5.74) is 0. The minimum absolute atomic E-state index is 1.21. The second-order valence-corrected chi connectivity index (χ2v) is 2.11. The number of hydrogen-bond acceptors (Lipinski definition) is 1. The van der Waals surface area contributed by atoms with Crippen molar-refractivity contribution in [3.63, 3.8) is 0 Å². The Balaban J connectivity index is 2.49. The Morgan fingerprint density at radius 2 is 2.50 bits per heavy atom. The van der Waals surface area contributed by atoms with Crippen molar-refractivity contribution in [1.29, 1.82) is 0 Å². The first kappa shape index (κ1) is 6.09. The molecule has 0 aliphatic carbocycles. The molecule has 36 valence electrons. The third-order valence-electron chi connectivity index (χ3n) is 0.440. The van der Waals surface area contributed by atoms with E-state index >= 15 is 0 Å². The molecule has 0 aromatic heterocycles. The van der Waals surface area contributed by atoms with Crippen LogP contribution in [0.2, 0.25) is 0 Å². The standard InChI is InChI=1S/C5H10S/c1-3-5-6-4-2/h4H,2-3,5H2,1H3. The highest BCUT2D eigenvalue weighted by atomic mass is 32.2. The van der Waals surface area contributed by atoms with Gasteiger partial charge in [0.1, 0.15) is 0 Å². The molecule has 0 saturated heterocycles. The summed E-state index contributed by atoms with van der Waals surface area (Å²) < 4.78 is 0. The van der Waals surface area contributed by atoms with Crippen LogP contribution in [0.25, 0.3) is 0 Å². The van der Waals surface area contributed by atoms with Crippen LogP contribution < -0.4 is 0 Å². The van der Waals surface area contributed by atoms with E-state index in [-0.39, 0.29) is 0 Å². The summed E-state index contributed by atoms with van der Waals surface area (Å²) in [6.07, 6.45) is 1.25. The lowest BCUT2D eigenvalue weighted by Crippen LogP contribution is -1.64. The van der Waals surface area contributed by atoms with Crippen LogP contribution >= 0.6 is 11.8 Å². The largest absolute Gasteiger partial charge is 0.135 e. The van der Waals surface area contributed by atoms with E-state index in [4.69, 9.17) is 0 Å². The average molecular weight is 102 g/mol. The molecule has 0 aromatic rings. The van der Waals surface area contributed by atoms with Crippen molar-refractivity contribution in [1.82, 2.24) is 0 Å². The van der Waals surface area contributed by atoms with Gasteiger partial charge in [0, 0.05) is 0 Å². The van der Waals surface area contributed by atoms with Crippen molar-refractivity contribution in [2.45, 2.75) is 13.3 Å². The summed E-state index contributed by atoms with van der Waals surface area (Å²) >= 11 is 1.77. The van der Waals surface area contributed by atoms with Gasteiger partial charge in [0.15, 0.2) is 0 Å². The molecule has 6 heavy (non-hydrogen) atoms. The third kappa shape index (κ3) is 4.09. The molecular weight excluding hydrogens is 92.1 g/mol. The van der Waals surface area contributed by atoms with Crippen LogP contribution in [-0.2, 0) is 0 Å². The van der Waals surface area contributed by atoms with E-state index < -0.39 is 0 Å². The maximum Gasteiger partial charge on any atom is -0.00288 e. The van der Waals surface area contributed by atoms with Gasteiger partial charge in [0.25, 0.3) is 0 Å². The van der Waals surface area contributed by atoms with Gasteiger partial charge in [-0.3, -0.25) is 0 Å². The Bertz CT molecular complexity index is 32.9. The molecule has 0 bridgehead atoms. The monoisotopic (exact) mass is 102 g/mol. The van der Waals surface area contributed by atoms with Crippen LogP contribution in [0.5, 0.6) is 0 Å². The molecule has 0 saturated carbocycles. The highest BCUT2D eigenvalue weighted by molar-refractivity contribution is 8.02. The SMILES string of the molecule is C=CSCCC. The highest BCUT2D eigenvalue weighted by Gasteiger charge is 1.71. The highest BCUT2D eigenvalue weighted by Crippen LogP contribution is 1.99. The van der Waals surface area contributed by atoms with Crippen molar-refractivity contribution < 1.29 is 0 Å². The third-order valence-corrected chi connectivity index (χ3v) is 1.32.